The van der Waals surface area contributed by atoms with Gasteiger partial charge in [-0.1, -0.05) is 25.1 Å². The number of nitro groups is 1. The molecule has 16 heavy (non-hydrogen) atoms. The third-order valence-corrected chi connectivity index (χ3v) is 2.31. The van der Waals surface area contributed by atoms with E-state index >= 15 is 0 Å². The van der Waals surface area contributed by atoms with Crippen LogP contribution >= 0.6 is 0 Å². The largest absolute Gasteiger partial charge is 0.372 e. The van der Waals surface area contributed by atoms with E-state index in [2.05, 4.69) is 6.58 Å². The molecule has 86 valence electrons. The molecule has 0 bridgehead atoms. The molecule has 0 atom stereocenters. The highest BCUT2D eigenvalue weighted by Crippen LogP contribution is 2.23. The summed E-state index contributed by atoms with van der Waals surface area (Å²) in [4.78, 5) is 10.5. The summed E-state index contributed by atoms with van der Waals surface area (Å²) >= 11 is 0. The van der Waals surface area contributed by atoms with Crippen LogP contribution in [-0.2, 0) is 17.8 Å². The standard InChI is InChI=1S/C12H15NO3/c1-3-8-16-9-11-10(4-2)6-5-7-12(11)13(14)15/h3,5-7H,1,4,8-9H2,2H3. The van der Waals surface area contributed by atoms with Crippen LogP contribution in [0.2, 0.25) is 0 Å². The first-order valence-corrected chi connectivity index (χ1v) is 5.14. The van der Waals surface area contributed by atoms with E-state index in [4.69, 9.17) is 4.74 Å². The van der Waals surface area contributed by atoms with Crippen LogP contribution in [0.15, 0.2) is 30.9 Å². The van der Waals surface area contributed by atoms with Crippen molar-refractivity contribution in [2.75, 3.05) is 6.61 Å². The molecule has 1 rings (SSSR count). The van der Waals surface area contributed by atoms with Crippen LogP contribution in [-0.4, -0.2) is 11.5 Å². The summed E-state index contributed by atoms with van der Waals surface area (Å²) in [5, 5.41) is 10.9. The number of aryl methyl sites for hydroxylation is 1. The van der Waals surface area contributed by atoms with Gasteiger partial charge in [0.25, 0.3) is 5.69 Å². The van der Waals surface area contributed by atoms with E-state index in [0.29, 0.717) is 12.2 Å². The second kappa shape index (κ2) is 6.02. The van der Waals surface area contributed by atoms with Crippen LogP contribution in [0.4, 0.5) is 5.69 Å². The van der Waals surface area contributed by atoms with Crippen molar-refractivity contribution in [2.24, 2.45) is 0 Å². The minimum Gasteiger partial charge on any atom is -0.372 e. The number of rotatable bonds is 6. The molecule has 0 aliphatic carbocycles. The Morgan fingerprint density at radius 3 is 2.88 bits per heavy atom. The molecule has 0 N–H and O–H groups in total. The SMILES string of the molecule is C=CCOCc1c(CC)cccc1[N+](=O)[O-]. The number of ether oxygens (including phenoxy) is 1. The predicted octanol–water partition coefficient (Wildman–Crippen LogP) is 2.86. The lowest BCUT2D eigenvalue weighted by Crippen LogP contribution is -2.02. The summed E-state index contributed by atoms with van der Waals surface area (Å²) in [5.41, 5.74) is 1.75. The molecular formula is C12H15NO3. The summed E-state index contributed by atoms with van der Waals surface area (Å²) in [5.74, 6) is 0. The second-order valence-corrected chi connectivity index (χ2v) is 3.33. The Labute approximate surface area is 94.7 Å². The molecule has 0 fully saturated rings. The monoisotopic (exact) mass is 221 g/mol. The molecule has 0 heterocycles. The number of benzene rings is 1. The fraction of sp³-hybridized carbons (Fsp3) is 0.333. The first-order chi connectivity index (χ1) is 7.70. The Balaban J connectivity index is 2.99. The third-order valence-electron chi connectivity index (χ3n) is 2.31. The van der Waals surface area contributed by atoms with E-state index < -0.39 is 0 Å². The molecule has 0 amide bonds. The third kappa shape index (κ3) is 2.90. The van der Waals surface area contributed by atoms with Gasteiger partial charge in [-0.25, -0.2) is 0 Å². The number of nitro benzene ring substituents is 1. The molecule has 1 aromatic carbocycles. The van der Waals surface area contributed by atoms with Crippen LogP contribution in [0, 0.1) is 10.1 Å². The van der Waals surface area contributed by atoms with Crippen molar-refractivity contribution in [1.29, 1.82) is 0 Å². The number of nitrogens with zero attached hydrogens (tertiary/aromatic N) is 1. The highest BCUT2D eigenvalue weighted by Gasteiger charge is 2.16. The molecule has 1 aromatic rings. The van der Waals surface area contributed by atoms with Crippen LogP contribution in [0.5, 0.6) is 0 Å². The fourth-order valence-electron chi connectivity index (χ4n) is 1.53. The van der Waals surface area contributed by atoms with Crippen molar-refractivity contribution in [3.8, 4) is 0 Å². The van der Waals surface area contributed by atoms with Gasteiger partial charge in [0.15, 0.2) is 0 Å². The highest BCUT2D eigenvalue weighted by atomic mass is 16.6. The van der Waals surface area contributed by atoms with Gasteiger partial charge in [0.2, 0.25) is 0 Å². The Kier molecular flexibility index (Phi) is 4.66. The maximum absolute atomic E-state index is 10.9. The molecule has 0 saturated heterocycles. The minimum atomic E-state index is -0.369. The Morgan fingerprint density at radius 2 is 2.31 bits per heavy atom. The molecule has 0 unspecified atom stereocenters. The minimum absolute atomic E-state index is 0.128. The van der Waals surface area contributed by atoms with Crippen molar-refractivity contribution in [3.05, 3.63) is 52.1 Å². The van der Waals surface area contributed by atoms with E-state index in [1.165, 1.54) is 6.07 Å². The lowest BCUT2D eigenvalue weighted by atomic mass is 10.0. The van der Waals surface area contributed by atoms with E-state index in [9.17, 15) is 10.1 Å². The smallest absolute Gasteiger partial charge is 0.275 e. The molecule has 0 saturated carbocycles. The zero-order chi connectivity index (χ0) is 12.0. The predicted molar refractivity (Wildman–Crippen MR) is 62.3 cm³/mol. The summed E-state index contributed by atoms with van der Waals surface area (Å²) in [7, 11) is 0. The summed E-state index contributed by atoms with van der Waals surface area (Å²) < 4.78 is 5.28. The van der Waals surface area contributed by atoms with Gasteiger partial charge in [0.1, 0.15) is 0 Å². The summed E-state index contributed by atoms with van der Waals surface area (Å²) in [6.07, 6.45) is 2.38. The van der Waals surface area contributed by atoms with Crippen molar-refractivity contribution >= 4 is 5.69 Å². The summed E-state index contributed by atoms with van der Waals surface area (Å²) in [6, 6.07) is 5.10. The van der Waals surface area contributed by atoms with Crippen LogP contribution < -0.4 is 0 Å². The van der Waals surface area contributed by atoms with E-state index in [-0.39, 0.29) is 17.2 Å². The molecule has 0 spiro atoms. The lowest BCUT2D eigenvalue weighted by molar-refractivity contribution is -0.386. The van der Waals surface area contributed by atoms with Gasteiger partial charge in [-0.2, -0.15) is 0 Å². The van der Waals surface area contributed by atoms with Crippen molar-refractivity contribution in [2.45, 2.75) is 20.0 Å². The van der Waals surface area contributed by atoms with Crippen molar-refractivity contribution in [3.63, 3.8) is 0 Å². The quantitative estimate of drug-likeness (QED) is 0.321. The number of hydrogen-bond donors (Lipinski definition) is 0. The van der Waals surface area contributed by atoms with Crippen LogP contribution in [0.25, 0.3) is 0 Å². The summed E-state index contributed by atoms with van der Waals surface area (Å²) in [6.45, 7) is 6.16. The van der Waals surface area contributed by atoms with Gasteiger partial charge in [-0.15, -0.1) is 6.58 Å². The first-order valence-electron chi connectivity index (χ1n) is 5.14. The van der Waals surface area contributed by atoms with Gasteiger partial charge in [-0.05, 0) is 12.0 Å². The topological polar surface area (TPSA) is 52.4 Å². The molecule has 0 aromatic heterocycles. The van der Waals surface area contributed by atoms with Crippen LogP contribution in [0.3, 0.4) is 0 Å². The first kappa shape index (κ1) is 12.4. The van der Waals surface area contributed by atoms with E-state index in [1.54, 1.807) is 12.1 Å². The van der Waals surface area contributed by atoms with Gasteiger partial charge < -0.3 is 4.74 Å². The fourth-order valence-corrected chi connectivity index (χ4v) is 1.53. The Morgan fingerprint density at radius 1 is 1.56 bits per heavy atom. The van der Waals surface area contributed by atoms with Crippen molar-refractivity contribution < 1.29 is 9.66 Å². The molecule has 0 aliphatic rings. The number of hydrogen-bond acceptors (Lipinski definition) is 3. The lowest BCUT2D eigenvalue weighted by Gasteiger charge is -2.08. The molecular weight excluding hydrogens is 206 g/mol. The average molecular weight is 221 g/mol. The highest BCUT2D eigenvalue weighted by molar-refractivity contribution is 5.45. The molecule has 0 radical (unpaired) electrons. The Hall–Kier alpha value is -1.68. The zero-order valence-electron chi connectivity index (χ0n) is 9.31. The van der Waals surface area contributed by atoms with Gasteiger partial charge in [0, 0.05) is 6.07 Å². The van der Waals surface area contributed by atoms with E-state index in [0.717, 1.165) is 12.0 Å². The zero-order valence-corrected chi connectivity index (χ0v) is 9.31. The maximum Gasteiger partial charge on any atom is 0.275 e. The normalized spacial score (nSPS) is 10.1. The van der Waals surface area contributed by atoms with Crippen molar-refractivity contribution in [1.82, 2.24) is 0 Å². The average Bonchev–Trinajstić information content (AvgIpc) is 2.29. The van der Waals surface area contributed by atoms with E-state index in [1.807, 2.05) is 13.0 Å². The van der Waals surface area contributed by atoms with Gasteiger partial charge >= 0.3 is 0 Å². The molecule has 0 aliphatic heterocycles. The van der Waals surface area contributed by atoms with Crippen LogP contribution in [0.1, 0.15) is 18.1 Å². The van der Waals surface area contributed by atoms with Gasteiger partial charge in [-0.3, -0.25) is 10.1 Å². The molecule has 4 nitrogen and oxygen atoms in total. The van der Waals surface area contributed by atoms with Gasteiger partial charge in [0.05, 0.1) is 23.7 Å². The maximum atomic E-state index is 10.9. The Bertz CT molecular complexity index is 388. The molecule has 4 heteroatoms. The second-order valence-electron chi connectivity index (χ2n) is 3.33.